The van der Waals surface area contributed by atoms with Gasteiger partial charge in [-0.2, -0.15) is 0 Å². The number of nitrogens with zero attached hydrogens (tertiary/aromatic N) is 3. The van der Waals surface area contributed by atoms with E-state index < -0.39 is 0 Å². The number of carbonyl (C=O) groups is 1. The summed E-state index contributed by atoms with van der Waals surface area (Å²) >= 11 is 0. The number of carbonyl (C=O) groups excluding carboxylic acids is 1. The molecule has 144 valence electrons. The number of guanidine groups is 1. The monoisotopic (exact) mass is 362 g/mol. The maximum Gasteiger partial charge on any atom is 0.314 e. The molecule has 0 unspecified atom stereocenters. The van der Waals surface area contributed by atoms with Crippen LogP contribution in [0.2, 0.25) is 0 Å². The molecule has 8 heteroatoms. The second kappa shape index (κ2) is 10.5. The lowest BCUT2D eigenvalue weighted by atomic mass is 10.1. The molecule has 4 N–H and O–H groups in total. The van der Waals surface area contributed by atoms with E-state index in [2.05, 4.69) is 27.5 Å². The van der Waals surface area contributed by atoms with Crippen LogP contribution in [-0.2, 0) is 6.54 Å². The third-order valence-corrected chi connectivity index (χ3v) is 4.16. The summed E-state index contributed by atoms with van der Waals surface area (Å²) in [6, 6.07) is 3.80. The summed E-state index contributed by atoms with van der Waals surface area (Å²) in [7, 11) is 0. The third-order valence-electron chi connectivity index (χ3n) is 4.16. The van der Waals surface area contributed by atoms with Crippen LogP contribution in [0.5, 0.6) is 5.88 Å². The van der Waals surface area contributed by atoms with E-state index in [1.54, 1.807) is 11.1 Å². The Hall–Kier alpha value is -2.51. The quantitative estimate of drug-likeness (QED) is 0.503. The zero-order valence-corrected chi connectivity index (χ0v) is 15.7. The van der Waals surface area contributed by atoms with Crippen molar-refractivity contribution in [1.29, 1.82) is 0 Å². The minimum absolute atomic E-state index is 0.284. The summed E-state index contributed by atoms with van der Waals surface area (Å²) in [5.74, 6) is 1.42. The molecule has 0 bridgehead atoms. The molecule has 1 aromatic heterocycles. The summed E-state index contributed by atoms with van der Waals surface area (Å²) in [6.07, 6.45) is 4.48. The van der Waals surface area contributed by atoms with Gasteiger partial charge in [-0.15, -0.1) is 0 Å². The molecule has 8 nitrogen and oxygen atoms in total. The van der Waals surface area contributed by atoms with Crippen molar-refractivity contribution in [1.82, 2.24) is 20.5 Å². The van der Waals surface area contributed by atoms with E-state index >= 15 is 0 Å². The lowest BCUT2D eigenvalue weighted by Crippen LogP contribution is -2.50. The molecule has 0 spiro atoms. The van der Waals surface area contributed by atoms with Gasteiger partial charge in [0, 0.05) is 37.9 Å². The van der Waals surface area contributed by atoms with Gasteiger partial charge in [-0.05, 0) is 31.7 Å². The van der Waals surface area contributed by atoms with Crippen molar-refractivity contribution >= 4 is 12.0 Å². The molecule has 1 saturated heterocycles. The van der Waals surface area contributed by atoms with Crippen LogP contribution in [0.3, 0.4) is 0 Å². The predicted molar refractivity (Wildman–Crippen MR) is 102 cm³/mol. The molecule has 26 heavy (non-hydrogen) atoms. The van der Waals surface area contributed by atoms with Crippen LogP contribution in [0.1, 0.15) is 38.7 Å². The van der Waals surface area contributed by atoms with Crippen molar-refractivity contribution in [3.63, 3.8) is 0 Å². The van der Waals surface area contributed by atoms with Crippen molar-refractivity contribution in [3.8, 4) is 5.88 Å². The van der Waals surface area contributed by atoms with Gasteiger partial charge in [-0.3, -0.25) is 0 Å². The smallest absolute Gasteiger partial charge is 0.314 e. The SMILES string of the molecule is CCCOc1ccc(CN=C(NCC)NC2CCN(C(N)=O)CC2)cn1. The van der Waals surface area contributed by atoms with Crippen LogP contribution in [0.4, 0.5) is 4.79 Å². The molecule has 2 amide bonds. The van der Waals surface area contributed by atoms with Gasteiger partial charge in [-0.1, -0.05) is 13.0 Å². The molecular weight excluding hydrogens is 332 g/mol. The maximum atomic E-state index is 11.2. The van der Waals surface area contributed by atoms with Crippen LogP contribution < -0.4 is 21.1 Å². The van der Waals surface area contributed by atoms with Crippen LogP contribution in [0, 0.1) is 0 Å². The molecule has 0 atom stereocenters. The summed E-state index contributed by atoms with van der Waals surface area (Å²) in [4.78, 5) is 21.8. The molecule has 1 aliphatic rings. The van der Waals surface area contributed by atoms with Crippen LogP contribution >= 0.6 is 0 Å². The highest BCUT2D eigenvalue weighted by Crippen LogP contribution is 2.11. The van der Waals surface area contributed by atoms with E-state index in [0.29, 0.717) is 32.1 Å². The first-order valence-corrected chi connectivity index (χ1v) is 9.29. The second-order valence-corrected chi connectivity index (χ2v) is 6.29. The van der Waals surface area contributed by atoms with E-state index in [1.165, 1.54) is 0 Å². The van der Waals surface area contributed by atoms with E-state index in [9.17, 15) is 4.79 Å². The number of aromatic nitrogens is 1. The molecule has 1 fully saturated rings. The number of hydrogen-bond acceptors (Lipinski definition) is 4. The number of pyridine rings is 1. The van der Waals surface area contributed by atoms with Crippen molar-refractivity contribution in [2.45, 2.75) is 45.7 Å². The minimum Gasteiger partial charge on any atom is -0.478 e. The average Bonchev–Trinajstić information content (AvgIpc) is 2.66. The Morgan fingerprint density at radius 1 is 1.38 bits per heavy atom. The zero-order valence-electron chi connectivity index (χ0n) is 15.7. The molecule has 1 aromatic rings. The summed E-state index contributed by atoms with van der Waals surface area (Å²) in [5, 5.41) is 6.70. The third kappa shape index (κ3) is 6.42. The van der Waals surface area contributed by atoms with Crippen LogP contribution in [0.15, 0.2) is 23.3 Å². The number of urea groups is 1. The lowest BCUT2D eigenvalue weighted by Gasteiger charge is -2.32. The number of primary amides is 1. The highest BCUT2D eigenvalue weighted by molar-refractivity contribution is 5.80. The molecule has 0 aliphatic carbocycles. The number of nitrogens with one attached hydrogen (secondary N) is 2. The number of amides is 2. The number of likely N-dealkylation sites (tertiary alicyclic amines) is 1. The largest absolute Gasteiger partial charge is 0.478 e. The van der Waals surface area contributed by atoms with Gasteiger partial charge in [0.25, 0.3) is 0 Å². The normalized spacial score (nSPS) is 15.6. The molecular formula is C18H30N6O2. The molecule has 0 radical (unpaired) electrons. The fourth-order valence-electron chi connectivity index (χ4n) is 2.72. The number of rotatable bonds is 7. The summed E-state index contributed by atoms with van der Waals surface area (Å²) in [5.41, 5.74) is 6.35. The summed E-state index contributed by atoms with van der Waals surface area (Å²) < 4.78 is 5.49. The standard InChI is InChI=1S/C18H30N6O2/c1-3-11-26-16-6-5-14(12-21-16)13-22-18(20-4-2)23-15-7-9-24(10-8-15)17(19)25/h5-6,12,15H,3-4,7-11,13H2,1-2H3,(H2,19,25)(H2,20,22,23). The minimum atomic E-state index is -0.345. The Labute approximate surface area is 155 Å². The predicted octanol–water partition coefficient (Wildman–Crippen LogP) is 1.47. The highest BCUT2D eigenvalue weighted by atomic mass is 16.5. The van der Waals surface area contributed by atoms with E-state index in [4.69, 9.17) is 10.5 Å². The molecule has 2 heterocycles. The van der Waals surface area contributed by atoms with Gasteiger partial charge in [0.05, 0.1) is 13.2 Å². The first-order chi connectivity index (χ1) is 12.6. The molecule has 1 aliphatic heterocycles. The lowest BCUT2D eigenvalue weighted by molar-refractivity contribution is 0.188. The number of nitrogens with two attached hydrogens (primary N) is 1. The van der Waals surface area contributed by atoms with Gasteiger partial charge in [0.1, 0.15) is 0 Å². The fraction of sp³-hybridized carbons (Fsp3) is 0.611. The molecule has 0 saturated carbocycles. The summed E-state index contributed by atoms with van der Waals surface area (Å²) in [6.45, 7) is 7.45. The van der Waals surface area contributed by atoms with E-state index in [0.717, 1.165) is 37.3 Å². The van der Waals surface area contributed by atoms with Crippen molar-refractivity contribution in [2.24, 2.45) is 10.7 Å². The van der Waals surface area contributed by atoms with E-state index in [1.807, 2.05) is 19.1 Å². The van der Waals surface area contributed by atoms with Gasteiger partial charge in [-0.25, -0.2) is 14.8 Å². The van der Waals surface area contributed by atoms with Gasteiger partial charge in [0.2, 0.25) is 5.88 Å². The highest BCUT2D eigenvalue weighted by Gasteiger charge is 2.21. The first kappa shape index (κ1) is 19.8. The molecule has 2 rings (SSSR count). The van der Waals surface area contributed by atoms with Crippen molar-refractivity contribution in [3.05, 3.63) is 23.9 Å². The van der Waals surface area contributed by atoms with Crippen molar-refractivity contribution in [2.75, 3.05) is 26.2 Å². The van der Waals surface area contributed by atoms with Crippen LogP contribution in [-0.4, -0.2) is 54.2 Å². The Morgan fingerprint density at radius 3 is 2.73 bits per heavy atom. The average molecular weight is 362 g/mol. The number of piperidine rings is 1. The van der Waals surface area contributed by atoms with Gasteiger partial charge < -0.3 is 26.0 Å². The molecule has 0 aromatic carbocycles. The number of aliphatic imine (C=N–C) groups is 1. The topological polar surface area (TPSA) is 105 Å². The number of hydrogen-bond donors (Lipinski definition) is 3. The second-order valence-electron chi connectivity index (χ2n) is 6.29. The number of ether oxygens (including phenoxy) is 1. The first-order valence-electron chi connectivity index (χ1n) is 9.29. The Morgan fingerprint density at radius 2 is 2.15 bits per heavy atom. The fourth-order valence-corrected chi connectivity index (χ4v) is 2.72. The zero-order chi connectivity index (χ0) is 18.8. The van der Waals surface area contributed by atoms with Crippen molar-refractivity contribution < 1.29 is 9.53 Å². The Kier molecular flexibility index (Phi) is 7.98. The maximum absolute atomic E-state index is 11.2. The Bertz CT molecular complexity index is 582. The van der Waals surface area contributed by atoms with Gasteiger partial charge >= 0.3 is 6.03 Å². The van der Waals surface area contributed by atoms with Crippen LogP contribution in [0.25, 0.3) is 0 Å². The van der Waals surface area contributed by atoms with E-state index in [-0.39, 0.29) is 12.1 Å². The van der Waals surface area contributed by atoms with Gasteiger partial charge in [0.15, 0.2) is 5.96 Å². The Balaban J connectivity index is 1.87.